The fourth-order valence-corrected chi connectivity index (χ4v) is 4.66. The zero-order valence-electron chi connectivity index (χ0n) is 20.4. The second-order valence-electron chi connectivity index (χ2n) is 9.18. The minimum atomic E-state index is -0.430. The summed E-state index contributed by atoms with van der Waals surface area (Å²) in [6.07, 6.45) is 1.50. The molecule has 6 nitrogen and oxygen atoms in total. The molecular formula is C29H28FN3O3. The van der Waals surface area contributed by atoms with Crippen molar-refractivity contribution in [3.63, 3.8) is 0 Å². The predicted octanol–water partition coefficient (Wildman–Crippen LogP) is 4.56. The zero-order valence-corrected chi connectivity index (χ0v) is 20.4. The van der Waals surface area contributed by atoms with Gasteiger partial charge in [0.05, 0.1) is 5.69 Å². The average molecular weight is 486 g/mol. The summed E-state index contributed by atoms with van der Waals surface area (Å²) >= 11 is 0. The lowest BCUT2D eigenvalue weighted by atomic mass is 10.1. The first-order valence-electron chi connectivity index (χ1n) is 12.0. The first-order valence-corrected chi connectivity index (χ1v) is 12.0. The summed E-state index contributed by atoms with van der Waals surface area (Å²) in [4.78, 5) is 32.2. The fourth-order valence-electron chi connectivity index (χ4n) is 4.66. The number of anilines is 2. The molecular weight excluding hydrogens is 457 g/mol. The molecule has 0 spiro atoms. The van der Waals surface area contributed by atoms with Gasteiger partial charge in [0.1, 0.15) is 12.4 Å². The monoisotopic (exact) mass is 485 g/mol. The summed E-state index contributed by atoms with van der Waals surface area (Å²) in [7, 11) is 0. The Morgan fingerprint density at radius 1 is 0.944 bits per heavy atom. The first kappa shape index (κ1) is 23.6. The lowest BCUT2D eigenvalue weighted by Crippen LogP contribution is -2.52. The van der Waals surface area contributed by atoms with Crippen LogP contribution in [0.15, 0.2) is 72.5 Å². The van der Waals surface area contributed by atoms with Crippen LogP contribution in [0.4, 0.5) is 15.8 Å². The second kappa shape index (κ2) is 9.85. The number of halogens is 1. The van der Waals surface area contributed by atoms with Crippen LogP contribution in [-0.2, 0) is 9.59 Å². The lowest BCUT2D eigenvalue weighted by molar-refractivity contribution is -0.131. The Morgan fingerprint density at radius 3 is 2.50 bits per heavy atom. The molecule has 0 radical (unpaired) electrons. The third kappa shape index (κ3) is 4.82. The van der Waals surface area contributed by atoms with Gasteiger partial charge in [-0.3, -0.25) is 14.5 Å². The van der Waals surface area contributed by atoms with Gasteiger partial charge < -0.3 is 14.5 Å². The molecule has 1 saturated heterocycles. The van der Waals surface area contributed by atoms with E-state index in [1.54, 1.807) is 36.4 Å². The molecule has 0 saturated carbocycles. The zero-order chi connectivity index (χ0) is 25.2. The van der Waals surface area contributed by atoms with Crippen LogP contribution < -0.4 is 14.5 Å². The van der Waals surface area contributed by atoms with E-state index in [4.69, 9.17) is 4.74 Å². The van der Waals surface area contributed by atoms with Crippen LogP contribution >= 0.6 is 0 Å². The summed E-state index contributed by atoms with van der Waals surface area (Å²) < 4.78 is 19.5. The SMILES string of the molecule is Cc1ccc(C)c(N2CCN(C(=O)CN3C(=O)C(=Cc4cccc(F)c4)Oc4ccccc43)CC2)c1. The Labute approximate surface area is 210 Å². The van der Waals surface area contributed by atoms with Gasteiger partial charge in [0, 0.05) is 31.9 Å². The topological polar surface area (TPSA) is 53.1 Å². The molecule has 3 aromatic carbocycles. The highest BCUT2D eigenvalue weighted by Crippen LogP contribution is 2.35. The van der Waals surface area contributed by atoms with Crippen molar-refractivity contribution in [3.8, 4) is 5.75 Å². The molecule has 5 rings (SSSR count). The molecule has 1 fully saturated rings. The van der Waals surface area contributed by atoms with Gasteiger partial charge in [-0.25, -0.2) is 4.39 Å². The smallest absolute Gasteiger partial charge is 0.294 e. The number of amides is 2. The largest absolute Gasteiger partial charge is 0.449 e. The molecule has 2 amide bonds. The number of hydrogen-bond donors (Lipinski definition) is 0. The number of carbonyl (C=O) groups excluding carboxylic acids is 2. The maximum Gasteiger partial charge on any atom is 0.294 e. The van der Waals surface area contributed by atoms with E-state index in [1.165, 1.54) is 39.9 Å². The van der Waals surface area contributed by atoms with Crippen LogP contribution in [0, 0.1) is 19.7 Å². The van der Waals surface area contributed by atoms with Crippen molar-refractivity contribution >= 4 is 29.3 Å². The van der Waals surface area contributed by atoms with Crippen molar-refractivity contribution in [2.24, 2.45) is 0 Å². The van der Waals surface area contributed by atoms with Crippen LogP contribution in [0.5, 0.6) is 5.75 Å². The Hall–Kier alpha value is -4.13. The van der Waals surface area contributed by atoms with E-state index in [0.29, 0.717) is 30.1 Å². The van der Waals surface area contributed by atoms with E-state index < -0.39 is 11.7 Å². The molecule has 3 aromatic rings. The minimum absolute atomic E-state index is 0.0480. The number of ether oxygens (including phenoxy) is 1. The van der Waals surface area contributed by atoms with Gasteiger partial charge in [-0.05, 0) is 66.9 Å². The molecule has 0 N–H and O–H groups in total. The first-order chi connectivity index (χ1) is 17.4. The Morgan fingerprint density at radius 2 is 1.72 bits per heavy atom. The van der Waals surface area contributed by atoms with E-state index >= 15 is 0 Å². The molecule has 0 aromatic heterocycles. The van der Waals surface area contributed by atoms with Crippen molar-refractivity contribution in [3.05, 3.63) is 95.0 Å². The quantitative estimate of drug-likeness (QED) is 0.509. The number of fused-ring (bicyclic) bond motifs is 1. The minimum Gasteiger partial charge on any atom is -0.449 e. The molecule has 2 aliphatic rings. The van der Waals surface area contributed by atoms with Crippen molar-refractivity contribution in [2.75, 3.05) is 42.5 Å². The molecule has 36 heavy (non-hydrogen) atoms. The second-order valence-corrected chi connectivity index (χ2v) is 9.18. The van der Waals surface area contributed by atoms with Crippen LogP contribution in [0.3, 0.4) is 0 Å². The predicted molar refractivity (Wildman–Crippen MR) is 139 cm³/mol. The number of piperazine rings is 1. The van der Waals surface area contributed by atoms with Crippen molar-refractivity contribution < 1.29 is 18.7 Å². The Bertz CT molecular complexity index is 1350. The maximum absolute atomic E-state index is 13.7. The molecule has 0 unspecified atom stereocenters. The average Bonchev–Trinajstić information content (AvgIpc) is 2.88. The summed E-state index contributed by atoms with van der Waals surface area (Å²) in [5.74, 6) is -0.426. The summed E-state index contributed by atoms with van der Waals surface area (Å²) in [5.41, 5.74) is 4.67. The van der Waals surface area contributed by atoms with E-state index in [9.17, 15) is 14.0 Å². The molecule has 184 valence electrons. The normalized spacial score (nSPS) is 16.7. The van der Waals surface area contributed by atoms with Gasteiger partial charge in [0.15, 0.2) is 11.5 Å². The standard InChI is InChI=1S/C29H28FN3O3/c1-20-10-11-21(2)25(16-20)31-12-14-32(15-13-31)28(34)19-33-24-8-3-4-9-26(24)36-27(29(33)35)18-22-6-5-7-23(30)17-22/h3-11,16-18H,12-15,19H2,1-2H3. The van der Waals surface area contributed by atoms with Gasteiger partial charge in [0.2, 0.25) is 5.91 Å². The third-order valence-corrected chi connectivity index (χ3v) is 6.61. The maximum atomic E-state index is 13.7. The van der Waals surface area contributed by atoms with Gasteiger partial charge >= 0.3 is 0 Å². The third-order valence-electron chi connectivity index (χ3n) is 6.61. The highest BCUT2D eigenvalue weighted by atomic mass is 19.1. The van der Waals surface area contributed by atoms with Gasteiger partial charge in [0.25, 0.3) is 5.91 Å². The summed E-state index contributed by atoms with van der Waals surface area (Å²) in [6, 6.07) is 19.5. The number of rotatable bonds is 4. The van der Waals surface area contributed by atoms with E-state index in [1.807, 2.05) is 4.90 Å². The number of para-hydroxylation sites is 2. The molecule has 7 heteroatoms. The van der Waals surface area contributed by atoms with Gasteiger partial charge in [-0.15, -0.1) is 0 Å². The van der Waals surface area contributed by atoms with Crippen molar-refractivity contribution in [2.45, 2.75) is 13.8 Å². The van der Waals surface area contributed by atoms with Gasteiger partial charge in [-0.1, -0.05) is 36.4 Å². The number of hydrogen-bond acceptors (Lipinski definition) is 4. The van der Waals surface area contributed by atoms with Crippen molar-refractivity contribution in [1.29, 1.82) is 0 Å². The molecule has 2 aliphatic heterocycles. The van der Waals surface area contributed by atoms with E-state index in [0.717, 1.165) is 13.1 Å². The number of aryl methyl sites for hydroxylation is 2. The summed E-state index contributed by atoms with van der Waals surface area (Å²) in [6.45, 7) is 6.71. The Balaban J connectivity index is 1.32. The number of carbonyl (C=O) groups is 2. The molecule has 0 aliphatic carbocycles. The molecule has 0 bridgehead atoms. The van der Waals surface area contributed by atoms with E-state index in [2.05, 4.69) is 36.9 Å². The van der Waals surface area contributed by atoms with E-state index in [-0.39, 0.29) is 18.2 Å². The highest BCUT2D eigenvalue weighted by molar-refractivity contribution is 6.12. The van der Waals surface area contributed by atoms with Crippen LogP contribution in [0.25, 0.3) is 6.08 Å². The fraction of sp³-hybridized carbons (Fsp3) is 0.241. The highest BCUT2D eigenvalue weighted by Gasteiger charge is 2.33. The van der Waals surface area contributed by atoms with Crippen LogP contribution in [-0.4, -0.2) is 49.4 Å². The summed E-state index contributed by atoms with van der Waals surface area (Å²) in [5, 5.41) is 0. The van der Waals surface area contributed by atoms with Crippen LogP contribution in [0.1, 0.15) is 16.7 Å². The van der Waals surface area contributed by atoms with Crippen molar-refractivity contribution in [1.82, 2.24) is 4.90 Å². The Kier molecular flexibility index (Phi) is 6.46. The lowest BCUT2D eigenvalue weighted by Gasteiger charge is -2.38. The molecule has 2 heterocycles. The number of benzene rings is 3. The molecule has 0 atom stereocenters. The van der Waals surface area contributed by atoms with Crippen LogP contribution in [0.2, 0.25) is 0 Å². The van der Waals surface area contributed by atoms with Gasteiger partial charge in [-0.2, -0.15) is 0 Å². The number of nitrogens with zero attached hydrogens (tertiary/aromatic N) is 3.